The minimum Gasteiger partial charge on any atom is -0.179 e. The number of hydrogen-bond acceptors (Lipinski definition) is 0. The molecule has 4 saturated carbocycles. The summed E-state index contributed by atoms with van der Waals surface area (Å²) in [5.41, 5.74) is 12.6. The van der Waals surface area contributed by atoms with Crippen LogP contribution in [-0.2, 0) is 41.5 Å². The van der Waals surface area contributed by atoms with Gasteiger partial charge in [0.15, 0.2) is 0 Å². The van der Waals surface area contributed by atoms with E-state index in [1.165, 1.54) is 69.6 Å². The Morgan fingerprint density at radius 2 is 1.17 bits per heavy atom. The van der Waals surface area contributed by atoms with Gasteiger partial charge in [0.1, 0.15) is 0 Å². The number of rotatable bonds is 2. The van der Waals surface area contributed by atoms with Gasteiger partial charge in [-0.15, -0.1) is 5.56 Å². The standard InChI is InChI=1S/C18H25.C13H9.2C10H13.CH2.Zr/c1-12-3-13(2)17(4-12)11-18-8-14-5-15(9-18)7-16(6-14)10-18;1-3-7-12-10(5-1)9-11-6-2-4-8-13(11)12;2*1-10(2,3)9-7-5-4-6-8-9;;/h4,12,14-16H,5-11H2,1-2H3;1-5,7-8H,9H2;2*5-8H,1-3H3;1H2;/q4*-1;;. The molecule has 0 aromatic heterocycles. The van der Waals surface area contributed by atoms with Crippen LogP contribution in [-0.4, -0.2) is 4.21 Å². The van der Waals surface area contributed by atoms with Gasteiger partial charge in [0, 0.05) is 0 Å². The average Bonchev–Trinajstić information content (AvgIpc) is 3.67. The molecule has 4 bridgehead atoms. The second kappa shape index (κ2) is 18.2. The second-order valence-corrected chi connectivity index (χ2v) is 18.3. The van der Waals surface area contributed by atoms with E-state index in [1.54, 1.807) is 44.1 Å². The van der Waals surface area contributed by atoms with E-state index in [0.717, 1.165) is 24.2 Å². The van der Waals surface area contributed by atoms with Gasteiger partial charge in [-0.1, -0.05) is 103 Å². The molecule has 0 N–H and O–H groups in total. The van der Waals surface area contributed by atoms with Crippen LogP contribution in [0.2, 0.25) is 0 Å². The summed E-state index contributed by atoms with van der Waals surface area (Å²) in [7, 11) is 0. The maximum atomic E-state index is 3.57. The molecule has 6 aliphatic rings. The summed E-state index contributed by atoms with van der Waals surface area (Å²) in [6.07, 6.45) is 17.8. The van der Waals surface area contributed by atoms with E-state index < -0.39 is 0 Å². The van der Waals surface area contributed by atoms with Crippen LogP contribution in [0.15, 0.2) is 108 Å². The Labute approximate surface area is 339 Å². The molecule has 0 radical (unpaired) electrons. The molecule has 1 atom stereocenters. The van der Waals surface area contributed by atoms with E-state index >= 15 is 0 Å². The minimum absolute atomic E-state index is 0.273. The molecule has 0 amide bonds. The van der Waals surface area contributed by atoms with Gasteiger partial charge < -0.3 is 0 Å². The van der Waals surface area contributed by atoms with Gasteiger partial charge in [0.05, 0.1) is 0 Å². The maximum absolute atomic E-state index is 3.57. The van der Waals surface area contributed by atoms with Crippen molar-refractivity contribution in [2.24, 2.45) is 29.1 Å². The summed E-state index contributed by atoms with van der Waals surface area (Å²) in [5.74, 6) is 3.82. The minimum atomic E-state index is 0.273. The maximum Gasteiger partial charge on any atom is -0.0253 e. The van der Waals surface area contributed by atoms with Crippen LogP contribution in [0, 0.1) is 53.4 Å². The molecule has 4 aromatic carbocycles. The third-order valence-corrected chi connectivity index (χ3v) is 11.9. The fourth-order valence-electron chi connectivity index (χ4n) is 9.78. The Balaban J connectivity index is 0.000000139. The normalized spacial score (nSPS) is 24.2. The molecule has 0 spiro atoms. The number of allylic oxidation sites excluding steroid dienone is 4. The van der Waals surface area contributed by atoms with Crippen LogP contribution >= 0.6 is 0 Å². The SMILES string of the molecule is CC(C)(C)c1cc[c-]cc1.CC(C)(C)c1cc[c-]cc1.CC1=[C-]C(C)C=C1CC12CC3CC(CC(C3)C1)C2.[CH2]=[Zr].[c-]1cccc2c1Cc1ccccc1-2. The zero-order valence-corrected chi connectivity index (χ0v) is 36.4. The van der Waals surface area contributed by atoms with Crippen LogP contribution in [0.5, 0.6) is 0 Å². The van der Waals surface area contributed by atoms with E-state index in [0.29, 0.717) is 11.3 Å². The molecule has 0 saturated heterocycles. The van der Waals surface area contributed by atoms with Gasteiger partial charge in [-0.05, 0) is 78.9 Å². The molecule has 10 rings (SSSR count). The molecule has 0 aliphatic heterocycles. The van der Waals surface area contributed by atoms with Crippen LogP contribution in [0.25, 0.3) is 11.1 Å². The fraction of sp³-hybridized carbons (Fsp3) is 0.442. The van der Waals surface area contributed by atoms with E-state index in [-0.39, 0.29) is 10.8 Å². The van der Waals surface area contributed by atoms with Gasteiger partial charge in [0.2, 0.25) is 0 Å². The summed E-state index contributed by atoms with van der Waals surface area (Å²) in [6.45, 7) is 17.8. The molecule has 4 fully saturated rings. The molecule has 4 aromatic rings. The van der Waals surface area contributed by atoms with Crippen molar-refractivity contribution in [1.29, 1.82) is 0 Å². The predicted octanol–water partition coefficient (Wildman–Crippen LogP) is 13.5. The summed E-state index contributed by atoms with van der Waals surface area (Å²) in [6, 6.07) is 40.4. The topological polar surface area (TPSA) is 0 Å². The fourth-order valence-corrected chi connectivity index (χ4v) is 9.78. The van der Waals surface area contributed by atoms with Crippen LogP contribution in [0.3, 0.4) is 0 Å². The van der Waals surface area contributed by atoms with Gasteiger partial charge in [-0.3, -0.25) is 6.08 Å². The molecular formula is C52H62Zr-4. The van der Waals surface area contributed by atoms with E-state index in [2.05, 4.69) is 151 Å². The van der Waals surface area contributed by atoms with E-state index in [4.69, 9.17) is 0 Å². The third-order valence-electron chi connectivity index (χ3n) is 11.9. The summed E-state index contributed by atoms with van der Waals surface area (Å²) >= 11 is 1.30. The Kier molecular flexibility index (Phi) is 14.1. The van der Waals surface area contributed by atoms with Gasteiger partial charge >= 0.3 is 28.4 Å². The molecule has 53 heavy (non-hydrogen) atoms. The van der Waals surface area contributed by atoms with Crippen molar-refractivity contribution in [2.45, 2.75) is 118 Å². The van der Waals surface area contributed by atoms with E-state index in [1.807, 2.05) is 30.3 Å². The largest absolute Gasteiger partial charge is 0.179 e. The zero-order valence-electron chi connectivity index (χ0n) is 33.9. The Morgan fingerprint density at radius 1 is 0.679 bits per heavy atom. The average molecular weight is 778 g/mol. The predicted molar refractivity (Wildman–Crippen MR) is 223 cm³/mol. The Bertz CT molecular complexity index is 1680. The van der Waals surface area contributed by atoms with Crippen LogP contribution < -0.4 is 0 Å². The molecule has 0 heterocycles. The number of hydrogen-bond donors (Lipinski definition) is 0. The van der Waals surface area contributed by atoms with Gasteiger partial charge in [-0.2, -0.15) is 113 Å². The van der Waals surface area contributed by atoms with Crippen molar-refractivity contribution >= 4 is 4.21 Å². The number of fused-ring (bicyclic) bond motifs is 3. The zero-order chi connectivity index (χ0) is 38.2. The van der Waals surface area contributed by atoms with Crippen molar-refractivity contribution in [1.82, 2.24) is 0 Å². The molecular weight excluding hydrogens is 716 g/mol. The van der Waals surface area contributed by atoms with Crippen molar-refractivity contribution in [3.8, 4) is 11.1 Å². The quantitative estimate of drug-likeness (QED) is 0.157. The Hall–Kier alpha value is -2.89. The van der Waals surface area contributed by atoms with Gasteiger partial charge in [0.25, 0.3) is 0 Å². The Morgan fingerprint density at radius 3 is 1.62 bits per heavy atom. The molecule has 1 unspecified atom stereocenters. The third kappa shape index (κ3) is 11.1. The van der Waals surface area contributed by atoms with Crippen LogP contribution in [0.4, 0.5) is 0 Å². The summed E-state index contributed by atoms with van der Waals surface area (Å²) < 4.78 is 3.34. The first kappa shape index (κ1) is 41.3. The second-order valence-electron chi connectivity index (χ2n) is 18.3. The molecule has 278 valence electrons. The number of benzene rings is 4. The molecule has 6 aliphatic carbocycles. The van der Waals surface area contributed by atoms with E-state index in [9.17, 15) is 0 Å². The smallest absolute Gasteiger partial charge is 0.0253 e. The van der Waals surface area contributed by atoms with Crippen LogP contribution in [0.1, 0.15) is 123 Å². The first-order valence-corrected chi connectivity index (χ1v) is 21.7. The van der Waals surface area contributed by atoms with Crippen molar-refractivity contribution in [3.05, 3.63) is 155 Å². The molecule has 0 nitrogen and oxygen atoms in total. The van der Waals surface area contributed by atoms with Crippen molar-refractivity contribution < 1.29 is 24.2 Å². The monoisotopic (exact) mass is 776 g/mol. The first-order valence-electron chi connectivity index (χ1n) is 20.0. The molecule has 1 heteroatoms. The summed E-state index contributed by atoms with van der Waals surface area (Å²) in [5, 5.41) is 0. The van der Waals surface area contributed by atoms with Crippen molar-refractivity contribution in [3.63, 3.8) is 0 Å². The summed E-state index contributed by atoms with van der Waals surface area (Å²) in [4.78, 5) is 0. The first-order chi connectivity index (χ1) is 25.3. The van der Waals surface area contributed by atoms with Crippen molar-refractivity contribution in [2.75, 3.05) is 0 Å². The van der Waals surface area contributed by atoms with Gasteiger partial charge in [-0.25, -0.2) is 5.57 Å².